The predicted molar refractivity (Wildman–Crippen MR) is 166 cm³/mol. The van der Waals surface area contributed by atoms with Crippen molar-refractivity contribution in [2.75, 3.05) is 20.6 Å². The standard InChI is InChI=1S/C34H42N4O4/c1-9-28-27(33-22(4)11-10-12-23(33)5)17-26(19-35-28)29(18-32(40)41)36-34(42)30(15-21(2)3)38-20-25(13-14-37(7)8)24(6)16-31(38)39/h1,10-12,16-17,19-21,29-30H,13-15,18H2,2-8H3,(H,36,42)(H,40,41)/t29-,30+/m1/s1. The molecule has 0 aliphatic rings. The van der Waals surface area contributed by atoms with Crippen LogP contribution in [0.1, 0.15) is 72.3 Å². The summed E-state index contributed by atoms with van der Waals surface area (Å²) in [6, 6.07) is 7.61. The van der Waals surface area contributed by atoms with Crippen molar-refractivity contribution in [1.29, 1.82) is 0 Å². The molecule has 3 rings (SSSR count). The van der Waals surface area contributed by atoms with Gasteiger partial charge in [-0.15, -0.1) is 6.42 Å². The van der Waals surface area contributed by atoms with E-state index in [-0.39, 0.29) is 17.9 Å². The molecule has 2 heterocycles. The third-order valence-electron chi connectivity index (χ3n) is 7.45. The van der Waals surface area contributed by atoms with Crippen LogP contribution in [0.15, 0.2) is 47.5 Å². The van der Waals surface area contributed by atoms with Gasteiger partial charge >= 0.3 is 5.97 Å². The maximum Gasteiger partial charge on any atom is 0.305 e. The van der Waals surface area contributed by atoms with Crippen molar-refractivity contribution in [2.24, 2.45) is 5.92 Å². The molecule has 0 saturated carbocycles. The van der Waals surface area contributed by atoms with Gasteiger partial charge in [0.25, 0.3) is 5.56 Å². The Morgan fingerprint density at radius 1 is 1.12 bits per heavy atom. The molecule has 1 aromatic carbocycles. The molecule has 0 aliphatic heterocycles. The fourth-order valence-electron chi connectivity index (χ4n) is 5.24. The predicted octanol–water partition coefficient (Wildman–Crippen LogP) is 4.84. The van der Waals surface area contributed by atoms with Gasteiger partial charge < -0.3 is 19.9 Å². The van der Waals surface area contributed by atoms with Crippen LogP contribution in [0.25, 0.3) is 11.1 Å². The molecule has 0 unspecified atom stereocenters. The molecule has 0 fully saturated rings. The van der Waals surface area contributed by atoms with Gasteiger partial charge in [-0.2, -0.15) is 0 Å². The first kappa shape index (κ1) is 32.3. The number of hydrogen-bond acceptors (Lipinski definition) is 5. The van der Waals surface area contributed by atoms with Crippen LogP contribution in [0.3, 0.4) is 0 Å². The van der Waals surface area contributed by atoms with Crippen molar-refractivity contribution in [3.8, 4) is 23.5 Å². The van der Waals surface area contributed by atoms with Crippen LogP contribution in [0, 0.1) is 39.0 Å². The normalized spacial score (nSPS) is 12.7. The van der Waals surface area contributed by atoms with Crippen molar-refractivity contribution in [3.05, 3.63) is 86.6 Å². The van der Waals surface area contributed by atoms with E-state index in [1.165, 1.54) is 10.8 Å². The summed E-state index contributed by atoms with van der Waals surface area (Å²) in [6.07, 6.45) is 9.87. The number of likely N-dealkylation sites (N-methyl/N-ethyl adjacent to an activating group) is 1. The summed E-state index contributed by atoms with van der Waals surface area (Å²) in [6.45, 7) is 10.6. The zero-order valence-corrected chi connectivity index (χ0v) is 25.7. The van der Waals surface area contributed by atoms with E-state index in [1.54, 1.807) is 12.3 Å². The molecule has 0 saturated heterocycles. The summed E-state index contributed by atoms with van der Waals surface area (Å²) in [4.78, 5) is 45.6. The van der Waals surface area contributed by atoms with Gasteiger partial charge in [0.1, 0.15) is 11.7 Å². The van der Waals surface area contributed by atoms with E-state index in [4.69, 9.17) is 6.42 Å². The number of carbonyl (C=O) groups is 2. The smallest absolute Gasteiger partial charge is 0.305 e. The highest BCUT2D eigenvalue weighted by molar-refractivity contribution is 5.82. The first-order valence-corrected chi connectivity index (χ1v) is 14.2. The van der Waals surface area contributed by atoms with Crippen molar-refractivity contribution >= 4 is 11.9 Å². The van der Waals surface area contributed by atoms with Crippen LogP contribution in [0.2, 0.25) is 0 Å². The minimum absolute atomic E-state index is 0.101. The minimum Gasteiger partial charge on any atom is -0.481 e. The summed E-state index contributed by atoms with van der Waals surface area (Å²) < 4.78 is 1.49. The fraction of sp³-hybridized carbons (Fsp3) is 0.412. The van der Waals surface area contributed by atoms with E-state index < -0.39 is 24.0 Å². The second-order valence-corrected chi connectivity index (χ2v) is 11.7. The average molecular weight is 571 g/mol. The van der Waals surface area contributed by atoms with Crippen molar-refractivity contribution < 1.29 is 14.7 Å². The number of terminal acetylenes is 1. The highest BCUT2D eigenvalue weighted by atomic mass is 16.4. The Balaban J connectivity index is 2.07. The lowest BCUT2D eigenvalue weighted by molar-refractivity contribution is -0.138. The minimum atomic E-state index is -1.08. The number of aryl methyl sites for hydroxylation is 3. The maximum absolute atomic E-state index is 13.9. The topological polar surface area (TPSA) is 105 Å². The van der Waals surface area contributed by atoms with Gasteiger partial charge in [0.05, 0.1) is 12.5 Å². The third-order valence-corrected chi connectivity index (χ3v) is 7.45. The number of carboxylic acid groups (broad SMARTS) is 1. The lowest BCUT2D eigenvalue weighted by Gasteiger charge is -2.26. The molecule has 0 aliphatic carbocycles. The number of benzene rings is 1. The lowest BCUT2D eigenvalue weighted by Crippen LogP contribution is -2.40. The Morgan fingerprint density at radius 3 is 2.36 bits per heavy atom. The number of aliphatic carboxylic acids is 1. The van der Waals surface area contributed by atoms with Crippen LogP contribution >= 0.6 is 0 Å². The number of nitrogens with one attached hydrogen (secondary N) is 1. The molecule has 2 N–H and O–H groups in total. The highest BCUT2D eigenvalue weighted by Crippen LogP contribution is 2.32. The van der Waals surface area contributed by atoms with Gasteiger partial charge in [-0.3, -0.25) is 14.4 Å². The van der Waals surface area contributed by atoms with Crippen LogP contribution < -0.4 is 10.9 Å². The second kappa shape index (κ2) is 14.1. The summed E-state index contributed by atoms with van der Waals surface area (Å²) in [5.74, 6) is 1.24. The average Bonchev–Trinajstić information content (AvgIpc) is 2.90. The second-order valence-electron chi connectivity index (χ2n) is 11.7. The molecular weight excluding hydrogens is 528 g/mol. The van der Waals surface area contributed by atoms with Gasteiger partial charge in [-0.05, 0) is 99.0 Å². The molecule has 3 aromatic rings. The number of carbonyl (C=O) groups excluding carboxylic acids is 1. The summed E-state index contributed by atoms with van der Waals surface area (Å²) in [5.41, 5.74) is 6.19. The summed E-state index contributed by atoms with van der Waals surface area (Å²) >= 11 is 0. The Labute approximate surface area is 248 Å². The van der Waals surface area contributed by atoms with E-state index in [1.807, 2.05) is 73.0 Å². The largest absolute Gasteiger partial charge is 0.481 e. The third kappa shape index (κ3) is 7.95. The van der Waals surface area contributed by atoms with Crippen LogP contribution in [-0.2, 0) is 16.0 Å². The maximum atomic E-state index is 13.9. The molecule has 222 valence electrons. The molecule has 42 heavy (non-hydrogen) atoms. The van der Waals surface area contributed by atoms with Crippen molar-refractivity contribution in [2.45, 2.75) is 66.0 Å². The SMILES string of the molecule is C#Cc1ncc([C@@H](CC(=O)O)NC(=O)[C@H](CC(C)C)n2cc(CCN(C)C)c(C)cc2=O)cc1-c1c(C)cccc1C. The van der Waals surface area contributed by atoms with Crippen LogP contribution in [0.4, 0.5) is 0 Å². The van der Waals surface area contributed by atoms with Gasteiger partial charge in [-0.1, -0.05) is 32.0 Å². The lowest BCUT2D eigenvalue weighted by atomic mass is 9.92. The van der Waals surface area contributed by atoms with E-state index in [0.717, 1.165) is 40.8 Å². The van der Waals surface area contributed by atoms with E-state index >= 15 is 0 Å². The molecular formula is C34H42N4O4. The molecule has 0 bridgehead atoms. The number of carboxylic acids is 1. The van der Waals surface area contributed by atoms with Gasteiger partial charge in [0, 0.05) is 30.6 Å². The molecule has 8 nitrogen and oxygen atoms in total. The van der Waals surface area contributed by atoms with Crippen LogP contribution in [-0.4, -0.2) is 52.1 Å². The number of pyridine rings is 2. The Kier molecular flexibility index (Phi) is 10.8. The highest BCUT2D eigenvalue weighted by Gasteiger charge is 2.28. The molecule has 0 spiro atoms. The van der Waals surface area contributed by atoms with Gasteiger partial charge in [-0.25, -0.2) is 4.98 Å². The van der Waals surface area contributed by atoms with E-state index in [2.05, 4.69) is 21.1 Å². The first-order chi connectivity index (χ1) is 19.8. The first-order valence-electron chi connectivity index (χ1n) is 14.2. The van der Waals surface area contributed by atoms with Gasteiger partial charge in [0.2, 0.25) is 5.91 Å². The Morgan fingerprint density at radius 2 is 1.79 bits per heavy atom. The van der Waals surface area contributed by atoms with E-state index in [0.29, 0.717) is 23.2 Å². The number of nitrogens with zero attached hydrogens (tertiary/aromatic N) is 3. The quantitative estimate of drug-likeness (QED) is 0.302. The summed E-state index contributed by atoms with van der Waals surface area (Å²) in [7, 11) is 3.97. The summed E-state index contributed by atoms with van der Waals surface area (Å²) in [5, 5.41) is 12.7. The molecule has 8 heteroatoms. The fourth-order valence-corrected chi connectivity index (χ4v) is 5.24. The molecule has 0 radical (unpaired) electrons. The Bertz CT molecular complexity index is 1530. The van der Waals surface area contributed by atoms with Gasteiger partial charge in [0.15, 0.2) is 0 Å². The number of amides is 1. The molecule has 2 atom stereocenters. The van der Waals surface area contributed by atoms with E-state index in [9.17, 15) is 19.5 Å². The van der Waals surface area contributed by atoms with Crippen molar-refractivity contribution in [3.63, 3.8) is 0 Å². The molecule has 2 aromatic heterocycles. The number of rotatable bonds is 12. The van der Waals surface area contributed by atoms with Crippen molar-refractivity contribution in [1.82, 2.24) is 19.8 Å². The Hall–Kier alpha value is -4.22. The number of aromatic nitrogens is 2. The zero-order chi connectivity index (χ0) is 31.1. The van der Waals surface area contributed by atoms with Crippen LogP contribution in [0.5, 0.6) is 0 Å². The molecule has 1 amide bonds. The number of hydrogen-bond donors (Lipinski definition) is 2. The monoisotopic (exact) mass is 570 g/mol. The zero-order valence-electron chi connectivity index (χ0n) is 25.7.